The van der Waals surface area contributed by atoms with Crippen molar-refractivity contribution in [3.05, 3.63) is 72.6 Å². The fraction of sp³-hybridized carbons (Fsp3) is 0.150. The van der Waals surface area contributed by atoms with Gasteiger partial charge in [-0.05, 0) is 36.8 Å². The van der Waals surface area contributed by atoms with Gasteiger partial charge < -0.3 is 9.84 Å². The maximum absolute atomic E-state index is 11.4. The highest BCUT2D eigenvalue weighted by Crippen LogP contribution is 2.23. The van der Waals surface area contributed by atoms with E-state index in [-0.39, 0.29) is 12.4 Å². The number of H-pyrrole nitrogens is 1. The number of phenols is 1. The molecule has 29 heavy (non-hydrogen) atoms. The van der Waals surface area contributed by atoms with Crippen LogP contribution in [0.2, 0.25) is 0 Å². The van der Waals surface area contributed by atoms with Gasteiger partial charge in [0.1, 0.15) is 22.5 Å². The monoisotopic (exact) mass is 392 g/mol. The van der Waals surface area contributed by atoms with Crippen molar-refractivity contribution < 1.29 is 14.6 Å². The predicted molar refractivity (Wildman–Crippen MR) is 106 cm³/mol. The summed E-state index contributed by atoms with van der Waals surface area (Å²) >= 11 is 0. The minimum absolute atomic E-state index is 0.0815. The zero-order valence-electron chi connectivity index (χ0n) is 15.8. The first kappa shape index (κ1) is 19.7. The highest BCUT2D eigenvalue weighted by molar-refractivity contribution is 5.86. The molecule has 0 aliphatic carbocycles. The number of fused-ring (bicyclic) bond motifs is 1. The van der Waals surface area contributed by atoms with Gasteiger partial charge >= 0.3 is 5.97 Å². The number of hydrogen-bond acceptors (Lipinski definition) is 7. The van der Waals surface area contributed by atoms with E-state index in [0.717, 1.165) is 16.6 Å². The molecule has 0 amide bonds. The van der Waals surface area contributed by atoms with Crippen LogP contribution in [-0.2, 0) is 16.0 Å². The normalized spacial score (nSPS) is 10.2. The summed E-state index contributed by atoms with van der Waals surface area (Å²) in [5.41, 5.74) is 3.25. The zero-order chi connectivity index (χ0) is 20.6. The van der Waals surface area contributed by atoms with E-state index in [9.17, 15) is 9.90 Å². The average molecular weight is 392 g/mol. The number of aromatic amines is 1. The van der Waals surface area contributed by atoms with Crippen LogP contribution >= 0.6 is 0 Å². The Morgan fingerprint density at radius 3 is 2.34 bits per heavy atom. The maximum Gasteiger partial charge on any atom is 0.333 e. The number of phenolic OH excluding ortho intramolecular Hbond substituents is 1. The number of nitrogens with zero attached hydrogens (tertiary/aromatic N) is 5. The lowest BCUT2D eigenvalue weighted by atomic mass is 10.1. The van der Waals surface area contributed by atoms with Gasteiger partial charge in [0.25, 0.3) is 0 Å². The van der Waals surface area contributed by atoms with E-state index in [1.165, 1.54) is 4.80 Å². The Morgan fingerprint density at radius 2 is 1.79 bits per heavy atom. The Labute approximate surface area is 166 Å². The lowest BCUT2D eigenvalue weighted by molar-refractivity contribution is -0.138. The average Bonchev–Trinajstić information content (AvgIpc) is 3.42. The first-order chi connectivity index (χ1) is 14.0. The largest absolute Gasteiger partial charge is 0.506 e. The van der Waals surface area contributed by atoms with E-state index in [1.54, 1.807) is 37.5 Å². The molecule has 9 heteroatoms. The first-order valence-electron chi connectivity index (χ1n) is 8.81. The number of benzene rings is 2. The highest BCUT2D eigenvalue weighted by Gasteiger charge is 2.10. The van der Waals surface area contributed by atoms with Crippen LogP contribution < -0.4 is 0 Å². The van der Waals surface area contributed by atoms with Gasteiger partial charge in [0, 0.05) is 12.0 Å². The fourth-order valence-corrected chi connectivity index (χ4v) is 2.40. The highest BCUT2D eigenvalue weighted by atomic mass is 16.5. The zero-order valence-corrected chi connectivity index (χ0v) is 15.8. The summed E-state index contributed by atoms with van der Waals surface area (Å²) in [6.07, 6.45) is 3.69. The van der Waals surface area contributed by atoms with Gasteiger partial charge in [-0.2, -0.15) is 15.4 Å². The van der Waals surface area contributed by atoms with Crippen molar-refractivity contribution in [2.24, 2.45) is 0 Å². The SMILES string of the molecule is C=C(C)C(=O)OCCc1ccc(O)c(-n2nc3ccccc3n2)c1.c1cn[nH]n1. The molecule has 4 rings (SSSR count). The maximum atomic E-state index is 11.4. The molecule has 4 aromatic rings. The number of esters is 1. The summed E-state index contributed by atoms with van der Waals surface area (Å²) in [6, 6.07) is 12.6. The Hall–Kier alpha value is -4.01. The van der Waals surface area contributed by atoms with Crippen LogP contribution in [0.15, 0.2) is 67.0 Å². The molecular formula is C20H20N6O3. The van der Waals surface area contributed by atoms with E-state index < -0.39 is 5.97 Å². The molecule has 2 N–H and O–H groups in total. The number of aromatic hydroxyl groups is 1. The third-order valence-electron chi connectivity index (χ3n) is 3.85. The van der Waals surface area contributed by atoms with Gasteiger partial charge in [0.05, 0.1) is 19.0 Å². The summed E-state index contributed by atoms with van der Waals surface area (Å²) < 4.78 is 5.09. The summed E-state index contributed by atoms with van der Waals surface area (Å²) in [7, 11) is 0. The van der Waals surface area contributed by atoms with Crippen LogP contribution in [0, 0.1) is 0 Å². The van der Waals surface area contributed by atoms with Crippen molar-refractivity contribution in [2.75, 3.05) is 6.61 Å². The summed E-state index contributed by atoms with van der Waals surface area (Å²) in [5.74, 6) is -0.327. The second-order valence-corrected chi connectivity index (χ2v) is 6.12. The topological polar surface area (TPSA) is 119 Å². The van der Waals surface area contributed by atoms with Crippen molar-refractivity contribution in [1.29, 1.82) is 0 Å². The lowest BCUT2D eigenvalue weighted by Crippen LogP contribution is -2.08. The third-order valence-corrected chi connectivity index (χ3v) is 3.85. The minimum Gasteiger partial charge on any atom is -0.506 e. The molecule has 0 radical (unpaired) electrons. The number of nitrogens with one attached hydrogen (secondary N) is 1. The summed E-state index contributed by atoms with van der Waals surface area (Å²) in [6.45, 7) is 5.39. The molecule has 0 aliphatic rings. The second kappa shape index (κ2) is 9.27. The fourth-order valence-electron chi connectivity index (χ4n) is 2.40. The van der Waals surface area contributed by atoms with Gasteiger partial charge in [-0.25, -0.2) is 4.79 Å². The molecule has 0 bridgehead atoms. The first-order valence-corrected chi connectivity index (χ1v) is 8.81. The van der Waals surface area contributed by atoms with Crippen LogP contribution in [0.25, 0.3) is 16.7 Å². The molecule has 0 aliphatic heterocycles. The number of carbonyl (C=O) groups is 1. The van der Waals surface area contributed by atoms with Crippen LogP contribution in [0.3, 0.4) is 0 Å². The molecule has 0 fully saturated rings. The van der Waals surface area contributed by atoms with Crippen LogP contribution in [0.5, 0.6) is 5.75 Å². The molecule has 2 aromatic heterocycles. The molecule has 0 saturated heterocycles. The van der Waals surface area contributed by atoms with E-state index >= 15 is 0 Å². The Kier molecular flexibility index (Phi) is 6.31. The van der Waals surface area contributed by atoms with Gasteiger partial charge in [-0.3, -0.25) is 0 Å². The quantitative estimate of drug-likeness (QED) is 0.396. The minimum atomic E-state index is -0.408. The van der Waals surface area contributed by atoms with E-state index in [4.69, 9.17) is 4.74 Å². The molecule has 0 atom stereocenters. The molecule has 0 saturated carbocycles. The number of hydrogen-bond donors (Lipinski definition) is 2. The Morgan fingerprint density at radius 1 is 1.14 bits per heavy atom. The van der Waals surface area contributed by atoms with Gasteiger partial charge in [-0.15, -0.1) is 15.0 Å². The van der Waals surface area contributed by atoms with Crippen molar-refractivity contribution in [3.63, 3.8) is 0 Å². The molecule has 2 aromatic carbocycles. The van der Waals surface area contributed by atoms with Crippen molar-refractivity contribution in [2.45, 2.75) is 13.3 Å². The third kappa shape index (κ3) is 5.25. The molecule has 9 nitrogen and oxygen atoms in total. The molecule has 0 unspecified atom stereocenters. The Bertz CT molecular complexity index is 1050. The number of aromatic nitrogens is 6. The van der Waals surface area contributed by atoms with Crippen LogP contribution in [0.4, 0.5) is 0 Å². The van der Waals surface area contributed by atoms with Crippen molar-refractivity contribution >= 4 is 17.0 Å². The molecule has 2 heterocycles. The Balaban J connectivity index is 0.000000419. The molecule has 148 valence electrons. The standard InChI is InChI=1S/C18H17N3O3.C2H3N3/c1-12(2)18(23)24-10-9-13-7-8-17(22)16(11-13)21-19-14-5-3-4-6-15(14)20-21;1-2-4-5-3-1/h3-8,11,22H,1,9-10H2,2H3;1-2H,(H,3,4,5). The smallest absolute Gasteiger partial charge is 0.333 e. The second-order valence-electron chi connectivity index (χ2n) is 6.12. The number of carbonyl (C=O) groups excluding carboxylic acids is 1. The number of rotatable bonds is 5. The van der Waals surface area contributed by atoms with Gasteiger partial charge in [-0.1, -0.05) is 24.8 Å². The number of ether oxygens (including phenoxy) is 1. The van der Waals surface area contributed by atoms with Gasteiger partial charge in [0.15, 0.2) is 0 Å². The predicted octanol–water partition coefficient (Wildman–Crippen LogP) is 2.59. The van der Waals surface area contributed by atoms with E-state index in [0.29, 0.717) is 17.7 Å². The van der Waals surface area contributed by atoms with Crippen molar-refractivity contribution in [1.82, 2.24) is 30.4 Å². The summed E-state index contributed by atoms with van der Waals surface area (Å²) in [4.78, 5) is 12.8. The van der Waals surface area contributed by atoms with Crippen LogP contribution in [0.1, 0.15) is 12.5 Å². The van der Waals surface area contributed by atoms with Crippen molar-refractivity contribution in [3.8, 4) is 11.4 Å². The van der Waals surface area contributed by atoms with Crippen LogP contribution in [-0.4, -0.2) is 48.1 Å². The molecular weight excluding hydrogens is 372 g/mol. The van der Waals surface area contributed by atoms with E-state index in [2.05, 4.69) is 32.2 Å². The molecule has 0 spiro atoms. The summed E-state index contributed by atoms with van der Waals surface area (Å²) in [5, 5.41) is 28.2. The lowest BCUT2D eigenvalue weighted by Gasteiger charge is -2.08. The van der Waals surface area contributed by atoms with Gasteiger partial charge in [0.2, 0.25) is 0 Å². The van der Waals surface area contributed by atoms with E-state index in [1.807, 2.05) is 24.3 Å².